The first kappa shape index (κ1) is 27.2. The average molecular weight is 456 g/mol. The van der Waals surface area contributed by atoms with E-state index in [0.717, 1.165) is 77.4 Å². The molecule has 8 heteroatoms. The number of carboxylic acids is 1. The van der Waals surface area contributed by atoms with Crippen LogP contribution >= 0.6 is 0 Å². The summed E-state index contributed by atoms with van der Waals surface area (Å²) in [7, 11) is 0. The smallest absolute Gasteiger partial charge is 0.171 e. The molecule has 32 heavy (non-hydrogen) atoms. The quantitative estimate of drug-likeness (QED) is 0.198. The molecule has 0 saturated carbocycles. The third-order valence-corrected chi connectivity index (χ3v) is 7.30. The van der Waals surface area contributed by atoms with Crippen molar-refractivity contribution in [2.75, 3.05) is 19.8 Å². The summed E-state index contributed by atoms with van der Waals surface area (Å²) in [4.78, 5) is 16.3. The van der Waals surface area contributed by atoms with Crippen molar-refractivity contribution in [2.24, 2.45) is 10.9 Å². The number of aliphatic hydroxyl groups excluding tert-OH is 3. The van der Waals surface area contributed by atoms with Crippen molar-refractivity contribution in [1.82, 2.24) is 5.32 Å². The molecule has 2 aliphatic rings. The first-order valence-corrected chi connectivity index (χ1v) is 12.7. The van der Waals surface area contributed by atoms with Crippen LogP contribution in [0.3, 0.4) is 0 Å². The van der Waals surface area contributed by atoms with Crippen molar-refractivity contribution in [3.8, 4) is 0 Å². The summed E-state index contributed by atoms with van der Waals surface area (Å²) in [6, 6.07) is 0.879. The summed E-state index contributed by atoms with van der Waals surface area (Å²) >= 11 is 0. The molecule has 0 amide bonds. The Bertz CT molecular complexity index is 554. The van der Waals surface area contributed by atoms with E-state index in [-0.39, 0.29) is 25.2 Å². The highest BCUT2D eigenvalue weighted by Gasteiger charge is 2.40. The van der Waals surface area contributed by atoms with Gasteiger partial charge in [0.2, 0.25) is 0 Å². The van der Waals surface area contributed by atoms with Crippen LogP contribution < -0.4 is 15.3 Å². The van der Waals surface area contributed by atoms with E-state index in [1.807, 2.05) is 6.21 Å². The fourth-order valence-electron chi connectivity index (χ4n) is 5.32. The minimum Gasteiger partial charge on any atom is -0.550 e. The zero-order valence-corrected chi connectivity index (χ0v) is 19.8. The zero-order valence-electron chi connectivity index (χ0n) is 19.8. The first-order valence-electron chi connectivity index (χ1n) is 12.7. The van der Waals surface area contributed by atoms with Gasteiger partial charge in [-0.3, -0.25) is 0 Å². The molecule has 8 nitrogen and oxygen atoms in total. The highest BCUT2D eigenvalue weighted by Crippen LogP contribution is 2.25. The fraction of sp³-hybridized carbons (Fsp3) is 0.917. The lowest BCUT2D eigenvalue weighted by Gasteiger charge is -2.41. The molecule has 2 aliphatic heterocycles. The van der Waals surface area contributed by atoms with Crippen LogP contribution in [0.2, 0.25) is 0 Å². The lowest BCUT2D eigenvalue weighted by molar-refractivity contribution is -0.914. The predicted molar refractivity (Wildman–Crippen MR) is 122 cm³/mol. The second-order valence-corrected chi connectivity index (χ2v) is 9.89. The lowest BCUT2D eigenvalue weighted by atomic mass is 9.84. The van der Waals surface area contributed by atoms with Crippen LogP contribution in [0.4, 0.5) is 0 Å². The molecule has 0 radical (unpaired) electrons. The largest absolute Gasteiger partial charge is 0.550 e. The van der Waals surface area contributed by atoms with Crippen molar-refractivity contribution < 1.29 is 30.1 Å². The molecule has 0 aromatic rings. The summed E-state index contributed by atoms with van der Waals surface area (Å²) in [5.41, 5.74) is 0. The molecule has 7 unspecified atom stereocenters. The number of aliphatic carboxylic acids is 1. The Morgan fingerprint density at radius 1 is 1.19 bits per heavy atom. The number of nitrogens with one attached hydrogen (secondary N) is 2. The number of rotatable bonds is 16. The fourth-order valence-corrected chi connectivity index (χ4v) is 5.32. The molecular weight excluding hydrogens is 410 g/mol. The monoisotopic (exact) mass is 455 g/mol. The van der Waals surface area contributed by atoms with Crippen LogP contribution in [-0.2, 0) is 4.79 Å². The van der Waals surface area contributed by atoms with Gasteiger partial charge in [-0.15, -0.1) is 0 Å². The first-order chi connectivity index (χ1) is 15.4. The van der Waals surface area contributed by atoms with Gasteiger partial charge in [0.1, 0.15) is 12.6 Å². The van der Waals surface area contributed by atoms with Gasteiger partial charge >= 0.3 is 0 Å². The van der Waals surface area contributed by atoms with E-state index >= 15 is 0 Å². The molecule has 0 aliphatic carbocycles. The Morgan fingerprint density at radius 2 is 1.91 bits per heavy atom. The summed E-state index contributed by atoms with van der Waals surface area (Å²) in [6.07, 6.45) is 11.2. The van der Waals surface area contributed by atoms with E-state index in [0.29, 0.717) is 24.4 Å². The summed E-state index contributed by atoms with van der Waals surface area (Å²) < 4.78 is 0. The number of piperidine rings is 1. The molecular formula is C24H45N3O5. The molecule has 1 fully saturated rings. The third-order valence-electron chi connectivity index (χ3n) is 7.30. The van der Waals surface area contributed by atoms with E-state index in [1.54, 1.807) is 0 Å². The number of hydrogen-bond acceptors (Lipinski definition) is 7. The van der Waals surface area contributed by atoms with E-state index in [1.165, 1.54) is 4.90 Å². The molecule has 0 aromatic heterocycles. The molecule has 0 bridgehead atoms. The number of quaternary nitrogens is 1. The predicted octanol–water partition coefficient (Wildman–Crippen LogP) is -0.596. The Balaban J connectivity index is 1.73. The standard InChI is InChI=1S/C24H45N3O5/c1-18-23(30)16-22(27-13-12-25-17-27)21(26-18)11-10-19(8-6-14-28)7-4-2-3-5-9-20(29)15-24(31)32/h12,18-23,26,28-30H,2-11,13-17H2,1H3,(H,31,32). The van der Waals surface area contributed by atoms with Gasteiger partial charge in [-0.05, 0) is 44.9 Å². The summed E-state index contributed by atoms with van der Waals surface area (Å²) in [6.45, 7) is 4.04. The number of aliphatic imine (C=N–C) groups is 1. The Kier molecular flexibility index (Phi) is 12.7. The van der Waals surface area contributed by atoms with Crippen LogP contribution in [0.5, 0.6) is 0 Å². The van der Waals surface area contributed by atoms with Crippen LogP contribution in [0.15, 0.2) is 4.99 Å². The second-order valence-electron chi connectivity index (χ2n) is 9.89. The molecule has 0 spiro atoms. The molecule has 1 saturated heterocycles. The number of carbonyl (C=O) groups is 1. The summed E-state index contributed by atoms with van der Waals surface area (Å²) in [5, 5.41) is 43.5. The Morgan fingerprint density at radius 3 is 2.56 bits per heavy atom. The zero-order chi connectivity index (χ0) is 23.3. The van der Waals surface area contributed by atoms with Gasteiger partial charge in [0.25, 0.3) is 0 Å². The van der Waals surface area contributed by atoms with Gasteiger partial charge in [0.15, 0.2) is 6.67 Å². The maximum Gasteiger partial charge on any atom is 0.171 e. The molecule has 5 N–H and O–H groups in total. The number of carbonyl (C=O) groups excluding carboxylic acids is 1. The van der Waals surface area contributed by atoms with Crippen molar-refractivity contribution in [3.05, 3.63) is 0 Å². The van der Waals surface area contributed by atoms with E-state index in [4.69, 9.17) is 0 Å². The SMILES string of the molecule is CC1NC(CCC(CCCO)CCCCCCC(O)CC(=O)[O-])C([NH+]2CC=NC2)CC1O. The van der Waals surface area contributed by atoms with E-state index in [2.05, 4.69) is 17.2 Å². The Labute approximate surface area is 193 Å². The van der Waals surface area contributed by atoms with Crippen molar-refractivity contribution >= 4 is 12.2 Å². The van der Waals surface area contributed by atoms with E-state index < -0.39 is 12.1 Å². The lowest BCUT2D eigenvalue weighted by Crippen LogP contribution is -3.16. The highest BCUT2D eigenvalue weighted by atomic mass is 16.4. The molecule has 2 heterocycles. The van der Waals surface area contributed by atoms with Crippen molar-refractivity contribution in [3.63, 3.8) is 0 Å². The van der Waals surface area contributed by atoms with Gasteiger partial charge in [-0.1, -0.05) is 32.1 Å². The van der Waals surface area contributed by atoms with Crippen molar-refractivity contribution in [2.45, 2.75) is 114 Å². The van der Waals surface area contributed by atoms with Gasteiger partial charge in [-0.2, -0.15) is 0 Å². The Hall–Kier alpha value is -1.06. The number of aliphatic hydroxyl groups is 3. The van der Waals surface area contributed by atoms with Gasteiger partial charge < -0.3 is 35.4 Å². The number of unbranched alkanes of at least 4 members (excludes halogenated alkanes) is 3. The molecule has 7 atom stereocenters. The highest BCUT2D eigenvalue weighted by molar-refractivity contribution is 5.64. The van der Waals surface area contributed by atoms with Crippen LogP contribution in [0, 0.1) is 5.92 Å². The second kappa shape index (κ2) is 15.0. The molecule has 0 aromatic carbocycles. The van der Waals surface area contributed by atoms with Gasteiger partial charge in [-0.25, -0.2) is 4.99 Å². The molecule has 186 valence electrons. The van der Waals surface area contributed by atoms with Crippen molar-refractivity contribution in [1.29, 1.82) is 0 Å². The van der Waals surface area contributed by atoms with Crippen LogP contribution in [-0.4, -0.2) is 77.7 Å². The van der Waals surface area contributed by atoms with Crippen LogP contribution in [0.1, 0.15) is 84.0 Å². The maximum absolute atomic E-state index is 10.5. The summed E-state index contributed by atoms with van der Waals surface area (Å²) in [5.74, 6) is -0.609. The third kappa shape index (κ3) is 9.83. The average Bonchev–Trinajstić information content (AvgIpc) is 3.28. The van der Waals surface area contributed by atoms with Crippen LogP contribution in [0.25, 0.3) is 0 Å². The number of carboxylic acid groups (broad SMARTS) is 1. The van der Waals surface area contributed by atoms with E-state index in [9.17, 15) is 25.2 Å². The minimum absolute atomic E-state index is 0.113. The maximum atomic E-state index is 10.5. The normalized spacial score (nSPS) is 29.8. The molecule has 2 rings (SSSR count). The number of hydrogen-bond donors (Lipinski definition) is 5. The minimum atomic E-state index is -1.19. The van der Waals surface area contributed by atoms with Gasteiger partial charge in [0.05, 0.1) is 24.5 Å². The van der Waals surface area contributed by atoms with Gasteiger partial charge in [0, 0.05) is 31.5 Å². The topological polar surface area (TPSA) is 130 Å². The number of nitrogens with zero attached hydrogens (tertiary/aromatic N) is 1.